The van der Waals surface area contributed by atoms with Crippen molar-refractivity contribution in [1.29, 1.82) is 0 Å². The summed E-state index contributed by atoms with van der Waals surface area (Å²) in [7, 11) is -1.80. The fraction of sp³-hybridized carbons (Fsp3) is 0.235. The summed E-state index contributed by atoms with van der Waals surface area (Å²) >= 11 is 0. The molecule has 0 fully saturated rings. The monoisotopic (exact) mass is 410 g/mol. The Morgan fingerprint density at radius 2 is 1.68 bits per heavy atom. The topological polar surface area (TPSA) is 155 Å². The van der Waals surface area contributed by atoms with Gasteiger partial charge in [-0.05, 0) is 19.2 Å². The van der Waals surface area contributed by atoms with Crippen LogP contribution in [0.15, 0.2) is 36.4 Å². The van der Waals surface area contributed by atoms with Crippen LogP contribution in [0.25, 0.3) is 0 Å². The Hall–Kier alpha value is -3.02. The van der Waals surface area contributed by atoms with Gasteiger partial charge in [-0.15, -0.1) is 0 Å². The van der Waals surface area contributed by atoms with Crippen LogP contribution in [0.1, 0.15) is 20.7 Å². The molecule has 0 spiro atoms. The third-order valence-corrected chi connectivity index (χ3v) is 4.76. The maximum atomic E-state index is 12.5. The Balaban J connectivity index is 3.17. The number of nitrogens with zero attached hydrogens (tertiary/aromatic N) is 1. The fourth-order valence-corrected chi connectivity index (χ4v) is 2.63. The van der Waals surface area contributed by atoms with Crippen LogP contribution < -0.4 is 4.72 Å². The minimum Gasteiger partial charge on any atom is -0.392 e. The van der Waals surface area contributed by atoms with Crippen LogP contribution in [0.2, 0.25) is 0 Å². The van der Waals surface area contributed by atoms with E-state index >= 15 is 0 Å². The summed E-state index contributed by atoms with van der Waals surface area (Å²) in [6.07, 6.45) is 1.70. The zero-order valence-electron chi connectivity index (χ0n) is 15.0. The molecule has 0 radical (unpaired) electrons. The average molecular weight is 410 g/mol. The molecular weight excluding hydrogens is 392 g/mol. The number of allylic oxidation sites excluding steroid dienone is 1. The second-order valence-corrected chi connectivity index (χ2v) is 7.30. The molecule has 150 valence electrons. The number of hydrogen-bond acceptors (Lipinski definition) is 8. The van der Waals surface area contributed by atoms with E-state index in [-0.39, 0.29) is 5.56 Å². The number of rotatable bonds is 9. The Morgan fingerprint density at radius 3 is 2.21 bits per heavy atom. The molecule has 0 atom stereocenters. The van der Waals surface area contributed by atoms with Gasteiger partial charge in [-0.1, -0.05) is 24.3 Å². The molecule has 0 saturated heterocycles. The summed E-state index contributed by atoms with van der Waals surface area (Å²) in [4.78, 5) is 61.0. The quantitative estimate of drug-likeness (QED) is 0.220. The number of amides is 2. The summed E-state index contributed by atoms with van der Waals surface area (Å²) < 4.78 is 24.9. The SMILES string of the molecule is CNS(=O)(=O)CC(=O)N(C)C(=O)c1ccccc1C(=O)C(=O)C(=O)/C=C/CO. The Labute approximate surface area is 160 Å². The number of nitrogens with one attached hydrogen (secondary N) is 1. The molecule has 1 rings (SSSR count). The van der Waals surface area contributed by atoms with Gasteiger partial charge in [0, 0.05) is 12.6 Å². The predicted molar refractivity (Wildman–Crippen MR) is 97.0 cm³/mol. The molecule has 1 aromatic carbocycles. The van der Waals surface area contributed by atoms with E-state index in [1.807, 2.05) is 4.72 Å². The van der Waals surface area contributed by atoms with Crippen LogP contribution >= 0.6 is 0 Å². The lowest BCUT2D eigenvalue weighted by atomic mass is 9.98. The first-order valence-electron chi connectivity index (χ1n) is 7.77. The first kappa shape index (κ1) is 23.0. The number of sulfonamides is 1. The molecule has 2 N–H and O–H groups in total. The van der Waals surface area contributed by atoms with Gasteiger partial charge in [0.1, 0.15) is 5.75 Å². The number of Topliss-reactive ketones (excluding diaryl/α,β-unsaturated/α-hetero) is 2. The molecule has 2 amide bonds. The number of aliphatic hydroxyl groups is 1. The number of benzene rings is 1. The smallest absolute Gasteiger partial charge is 0.273 e. The van der Waals surface area contributed by atoms with Crippen molar-refractivity contribution in [3.63, 3.8) is 0 Å². The van der Waals surface area contributed by atoms with Crippen molar-refractivity contribution in [3.05, 3.63) is 47.5 Å². The molecule has 0 aromatic heterocycles. The number of carbonyl (C=O) groups excluding carboxylic acids is 5. The Morgan fingerprint density at radius 1 is 1.11 bits per heavy atom. The molecule has 10 nitrogen and oxygen atoms in total. The molecule has 0 aliphatic rings. The molecule has 0 heterocycles. The van der Waals surface area contributed by atoms with Crippen molar-refractivity contribution in [1.82, 2.24) is 9.62 Å². The van der Waals surface area contributed by atoms with E-state index in [9.17, 15) is 32.4 Å². The summed E-state index contributed by atoms with van der Waals surface area (Å²) in [5.41, 5.74) is -0.767. The summed E-state index contributed by atoms with van der Waals surface area (Å²) in [5, 5.41) is 8.62. The van der Waals surface area contributed by atoms with Crippen molar-refractivity contribution in [2.75, 3.05) is 26.5 Å². The fourth-order valence-electron chi connectivity index (χ4n) is 1.96. The van der Waals surface area contributed by atoms with Gasteiger partial charge in [0.2, 0.25) is 27.5 Å². The number of hydrogen-bond donors (Lipinski definition) is 2. The second kappa shape index (κ2) is 9.78. The summed E-state index contributed by atoms with van der Waals surface area (Å²) in [5.74, 6) is -6.98. The zero-order chi connectivity index (χ0) is 21.5. The average Bonchev–Trinajstić information content (AvgIpc) is 2.69. The van der Waals surface area contributed by atoms with Crippen molar-refractivity contribution >= 4 is 39.2 Å². The van der Waals surface area contributed by atoms with Crippen molar-refractivity contribution in [2.45, 2.75) is 0 Å². The number of aliphatic hydroxyl groups excluding tert-OH is 1. The number of carbonyl (C=O) groups is 5. The zero-order valence-corrected chi connectivity index (χ0v) is 15.9. The van der Waals surface area contributed by atoms with E-state index in [1.165, 1.54) is 12.1 Å². The standard InChI is InChI=1S/C17H18N2O8S/c1-18-28(26,27)10-14(22)19(2)17(25)12-7-4-3-6-11(12)15(23)16(24)13(21)8-5-9-20/h3-8,18,20H,9-10H2,1-2H3/b8-5+. The Bertz CT molecular complexity index is 950. The van der Waals surface area contributed by atoms with Gasteiger partial charge in [0.05, 0.1) is 12.2 Å². The molecular formula is C17H18N2O8S. The minimum atomic E-state index is -3.93. The summed E-state index contributed by atoms with van der Waals surface area (Å²) in [6, 6.07) is 5.00. The van der Waals surface area contributed by atoms with Crippen molar-refractivity contribution in [2.24, 2.45) is 0 Å². The molecule has 0 aliphatic heterocycles. The van der Waals surface area contributed by atoms with E-state index in [0.29, 0.717) is 4.90 Å². The van der Waals surface area contributed by atoms with Gasteiger partial charge in [-0.25, -0.2) is 13.1 Å². The normalized spacial score (nSPS) is 11.2. The number of ketones is 3. The van der Waals surface area contributed by atoms with Gasteiger partial charge in [-0.3, -0.25) is 28.9 Å². The highest BCUT2D eigenvalue weighted by Crippen LogP contribution is 2.13. The third kappa shape index (κ3) is 5.74. The molecule has 0 aliphatic carbocycles. The maximum absolute atomic E-state index is 12.5. The largest absolute Gasteiger partial charge is 0.392 e. The maximum Gasteiger partial charge on any atom is 0.273 e. The van der Waals surface area contributed by atoms with E-state index in [4.69, 9.17) is 5.11 Å². The van der Waals surface area contributed by atoms with Gasteiger partial charge in [0.25, 0.3) is 11.7 Å². The highest BCUT2D eigenvalue weighted by atomic mass is 32.2. The Kier molecular flexibility index (Phi) is 8.04. The summed E-state index contributed by atoms with van der Waals surface area (Å²) in [6.45, 7) is -0.509. The van der Waals surface area contributed by atoms with Crippen LogP contribution in [0, 0.1) is 0 Å². The van der Waals surface area contributed by atoms with Crippen LogP contribution in [0.5, 0.6) is 0 Å². The minimum absolute atomic E-state index is 0.350. The van der Waals surface area contributed by atoms with E-state index in [0.717, 1.165) is 38.4 Å². The molecule has 0 bridgehead atoms. The van der Waals surface area contributed by atoms with Crippen LogP contribution in [-0.2, 0) is 24.4 Å². The molecule has 0 saturated carbocycles. The predicted octanol–water partition coefficient (Wildman–Crippen LogP) is -1.30. The highest BCUT2D eigenvalue weighted by molar-refractivity contribution is 7.90. The van der Waals surface area contributed by atoms with Gasteiger partial charge in [-0.2, -0.15) is 0 Å². The van der Waals surface area contributed by atoms with Crippen LogP contribution in [-0.4, -0.2) is 74.0 Å². The van der Waals surface area contributed by atoms with Gasteiger partial charge in [0.15, 0.2) is 0 Å². The molecule has 1 aromatic rings. The van der Waals surface area contributed by atoms with Gasteiger partial charge < -0.3 is 5.11 Å². The van der Waals surface area contributed by atoms with Crippen LogP contribution in [0.3, 0.4) is 0 Å². The lowest BCUT2D eigenvalue weighted by Crippen LogP contribution is -2.40. The van der Waals surface area contributed by atoms with E-state index in [1.54, 1.807) is 0 Å². The third-order valence-electron chi connectivity index (χ3n) is 3.51. The van der Waals surface area contributed by atoms with Gasteiger partial charge >= 0.3 is 0 Å². The molecule has 28 heavy (non-hydrogen) atoms. The van der Waals surface area contributed by atoms with E-state index < -0.39 is 57.1 Å². The van der Waals surface area contributed by atoms with Crippen molar-refractivity contribution in [3.8, 4) is 0 Å². The second-order valence-electron chi connectivity index (χ2n) is 5.37. The van der Waals surface area contributed by atoms with Crippen molar-refractivity contribution < 1.29 is 37.5 Å². The first-order valence-corrected chi connectivity index (χ1v) is 9.42. The lowest BCUT2D eigenvalue weighted by molar-refractivity contribution is -0.131. The van der Waals surface area contributed by atoms with Crippen LogP contribution in [0.4, 0.5) is 0 Å². The first-order chi connectivity index (χ1) is 13.1. The van der Waals surface area contributed by atoms with E-state index in [2.05, 4.69) is 0 Å². The number of imide groups is 1. The highest BCUT2D eigenvalue weighted by Gasteiger charge is 2.29. The lowest BCUT2D eigenvalue weighted by Gasteiger charge is -2.17. The molecule has 11 heteroatoms. The molecule has 0 unspecified atom stereocenters.